The normalized spacial score (nSPS) is 10.8. The van der Waals surface area contributed by atoms with Crippen molar-refractivity contribution in [3.05, 3.63) is 35.7 Å². The molecule has 1 aromatic heterocycles. The highest BCUT2D eigenvalue weighted by Gasteiger charge is 2.16. The van der Waals surface area contributed by atoms with Crippen LogP contribution in [0.2, 0.25) is 0 Å². The highest BCUT2D eigenvalue weighted by Crippen LogP contribution is 2.22. The van der Waals surface area contributed by atoms with E-state index in [0.717, 1.165) is 42.6 Å². The van der Waals surface area contributed by atoms with Gasteiger partial charge in [-0.2, -0.15) is 0 Å². The Balaban J connectivity index is 2.12. The summed E-state index contributed by atoms with van der Waals surface area (Å²) in [7, 11) is 0. The number of carbonyl (C=O) groups excluding carboxylic acids is 1. The molecule has 2 aromatic rings. The molecule has 1 aromatic carbocycles. The van der Waals surface area contributed by atoms with Gasteiger partial charge in [0.05, 0.1) is 5.75 Å². The Morgan fingerprint density at radius 3 is 2.50 bits per heavy atom. The molecule has 1 heterocycles. The first kappa shape index (κ1) is 18.5. The van der Waals surface area contributed by atoms with Crippen molar-refractivity contribution in [2.24, 2.45) is 0 Å². The maximum Gasteiger partial charge on any atom is 0.233 e. The summed E-state index contributed by atoms with van der Waals surface area (Å²) in [6.45, 7) is 9.82. The number of aromatic nitrogens is 3. The quantitative estimate of drug-likeness (QED) is 0.685. The standard InChI is InChI=1S/C18H26N4OS/c1-5-10-21(11-6-2)17(23)13-24-18-20-19-15(4)22(18)16-9-7-8-14(3)12-16/h7-9,12H,5-6,10-11,13H2,1-4H3. The van der Waals surface area contributed by atoms with E-state index in [-0.39, 0.29) is 5.91 Å². The highest BCUT2D eigenvalue weighted by atomic mass is 32.2. The fourth-order valence-corrected chi connectivity index (χ4v) is 3.52. The molecule has 0 saturated carbocycles. The van der Waals surface area contributed by atoms with Crippen LogP contribution in [0.15, 0.2) is 29.4 Å². The second-order valence-corrected chi connectivity index (χ2v) is 6.82. The number of hydrogen-bond acceptors (Lipinski definition) is 4. The van der Waals surface area contributed by atoms with Crippen LogP contribution in [-0.2, 0) is 4.79 Å². The first-order chi connectivity index (χ1) is 11.6. The average molecular weight is 347 g/mol. The molecule has 130 valence electrons. The molecule has 0 radical (unpaired) electrons. The van der Waals surface area contributed by atoms with Crippen molar-refractivity contribution in [3.8, 4) is 5.69 Å². The Morgan fingerprint density at radius 2 is 1.88 bits per heavy atom. The van der Waals surface area contributed by atoms with Crippen molar-refractivity contribution in [1.29, 1.82) is 0 Å². The smallest absolute Gasteiger partial charge is 0.233 e. The van der Waals surface area contributed by atoms with E-state index in [4.69, 9.17) is 0 Å². The van der Waals surface area contributed by atoms with Gasteiger partial charge in [-0.1, -0.05) is 37.7 Å². The molecule has 0 N–H and O–H groups in total. The lowest BCUT2D eigenvalue weighted by molar-refractivity contribution is -0.128. The van der Waals surface area contributed by atoms with E-state index in [1.807, 2.05) is 28.5 Å². The molecule has 0 unspecified atom stereocenters. The van der Waals surface area contributed by atoms with Crippen LogP contribution in [-0.4, -0.2) is 44.4 Å². The van der Waals surface area contributed by atoms with Crippen LogP contribution in [0.4, 0.5) is 0 Å². The van der Waals surface area contributed by atoms with Gasteiger partial charge in [0.1, 0.15) is 5.82 Å². The number of rotatable bonds is 8. The number of nitrogens with zero attached hydrogens (tertiary/aromatic N) is 4. The predicted octanol–water partition coefficient (Wildman–Crippen LogP) is 3.62. The lowest BCUT2D eigenvalue weighted by Crippen LogP contribution is -2.33. The Labute approximate surface area is 148 Å². The summed E-state index contributed by atoms with van der Waals surface area (Å²) in [4.78, 5) is 14.4. The summed E-state index contributed by atoms with van der Waals surface area (Å²) in [5, 5.41) is 9.20. The molecule has 0 aliphatic heterocycles. The second-order valence-electron chi connectivity index (χ2n) is 5.87. The van der Waals surface area contributed by atoms with E-state index in [9.17, 15) is 4.79 Å². The van der Waals surface area contributed by atoms with Crippen LogP contribution in [0.5, 0.6) is 0 Å². The zero-order valence-corrected chi connectivity index (χ0v) is 15.8. The molecular formula is C18H26N4OS. The Bertz CT molecular complexity index is 677. The molecule has 0 fully saturated rings. The predicted molar refractivity (Wildman–Crippen MR) is 98.7 cm³/mol. The van der Waals surface area contributed by atoms with E-state index < -0.39 is 0 Å². The summed E-state index contributed by atoms with van der Waals surface area (Å²) < 4.78 is 2.01. The van der Waals surface area contributed by atoms with Gasteiger partial charge in [0, 0.05) is 18.8 Å². The van der Waals surface area contributed by atoms with Crippen molar-refractivity contribution in [2.75, 3.05) is 18.8 Å². The minimum Gasteiger partial charge on any atom is -0.342 e. The van der Waals surface area contributed by atoms with Crippen LogP contribution in [0.1, 0.15) is 38.1 Å². The van der Waals surface area contributed by atoms with Crippen LogP contribution in [0, 0.1) is 13.8 Å². The minimum atomic E-state index is 0.167. The van der Waals surface area contributed by atoms with Crippen LogP contribution in [0.3, 0.4) is 0 Å². The van der Waals surface area contributed by atoms with Gasteiger partial charge in [-0.15, -0.1) is 10.2 Å². The van der Waals surface area contributed by atoms with Gasteiger partial charge in [0.15, 0.2) is 5.16 Å². The van der Waals surface area contributed by atoms with E-state index >= 15 is 0 Å². The van der Waals surface area contributed by atoms with Gasteiger partial charge in [0.25, 0.3) is 0 Å². The number of hydrogen-bond donors (Lipinski definition) is 0. The van der Waals surface area contributed by atoms with Crippen LogP contribution < -0.4 is 0 Å². The molecule has 0 bridgehead atoms. The third-order valence-corrected chi connectivity index (χ3v) is 4.63. The molecule has 0 aliphatic rings. The number of aryl methyl sites for hydroxylation is 2. The number of carbonyl (C=O) groups is 1. The number of amides is 1. The summed E-state index contributed by atoms with van der Waals surface area (Å²) in [5.41, 5.74) is 2.22. The van der Waals surface area contributed by atoms with Crippen LogP contribution >= 0.6 is 11.8 Å². The molecule has 5 nitrogen and oxygen atoms in total. The van der Waals surface area contributed by atoms with Crippen LogP contribution in [0.25, 0.3) is 5.69 Å². The average Bonchev–Trinajstić information content (AvgIpc) is 2.93. The van der Waals surface area contributed by atoms with Crippen molar-refractivity contribution in [3.63, 3.8) is 0 Å². The van der Waals surface area contributed by atoms with Gasteiger partial charge in [-0.3, -0.25) is 9.36 Å². The summed E-state index contributed by atoms with van der Waals surface area (Å²) >= 11 is 1.45. The molecular weight excluding hydrogens is 320 g/mol. The van der Waals surface area contributed by atoms with Gasteiger partial charge in [0.2, 0.25) is 5.91 Å². The third-order valence-electron chi connectivity index (χ3n) is 3.72. The SMILES string of the molecule is CCCN(CCC)C(=O)CSc1nnc(C)n1-c1cccc(C)c1. The van der Waals surface area contributed by atoms with E-state index in [2.05, 4.69) is 43.1 Å². The van der Waals surface area contributed by atoms with Gasteiger partial charge in [-0.05, 0) is 44.4 Å². The van der Waals surface area contributed by atoms with Crippen molar-refractivity contribution in [2.45, 2.75) is 45.7 Å². The Hall–Kier alpha value is -1.82. The topological polar surface area (TPSA) is 51.0 Å². The van der Waals surface area contributed by atoms with Gasteiger partial charge >= 0.3 is 0 Å². The molecule has 0 aliphatic carbocycles. The summed E-state index contributed by atoms with van der Waals surface area (Å²) in [6.07, 6.45) is 1.96. The number of benzene rings is 1. The molecule has 0 atom stereocenters. The first-order valence-electron chi connectivity index (χ1n) is 8.46. The lowest BCUT2D eigenvalue weighted by atomic mass is 10.2. The largest absolute Gasteiger partial charge is 0.342 e. The Kier molecular flexibility index (Phi) is 6.85. The maximum absolute atomic E-state index is 12.5. The highest BCUT2D eigenvalue weighted by molar-refractivity contribution is 7.99. The molecule has 6 heteroatoms. The molecule has 0 saturated heterocycles. The second kappa shape index (κ2) is 8.87. The Morgan fingerprint density at radius 1 is 1.17 bits per heavy atom. The monoisotopic (exact) mass is 346 g/mol. The fourth-order valence-electron chi connectivity index (χ4n) is 2.62. The molecule has 1 amide bonds. The minimum absolute atomic E-state index is 0.167. The molecule has 2 rings (SSSR count). The zero-order chi connectivity index (χ0) is 17.5. The van der Waals surface area contributed by atoms with Crippen molar-refractivity contribution in [1.82, 2.24) is 19.7 Å². The van der Waals surface area contributed by atoms with E-state index in [1.165, 1.54) is 17.3 Å². The maximum atomic E-state index is 12.5. The first-order valence-corrected chi connectivity index (χ1v) is 9.45. The molecule has 24 heavy (non-hydrogen) atoms. The third kappa shape index (κ3) is 4.60. The zero-order valence-electron chi connectivity index (χ0n) is 15.0. The van der Waals surface area contributed by atoms with Crippen molar-refractivity contribution < 1.29 is 4.79 Å². The van der Waals surface area contributed by atoms with Gasteiger partial charge < -0.3 is 4.90 Å². The summed E-state index contributed by atoms with van der Waals surface area (Å²) in [6, 6.07) is 8.22. The van der Waals surface area contributed by atoms with E-state index in [1.54, 1.807) is 0 Å². The summed E-state index contributed by atoms with van der Waals surface area (Å²) in [5.74, 6) is 1.39. The van der Waals surface area contributed by atoms with E-state index in [0.29, 0.717) is 5.75 Å². The molecule has 0 spiro atoms. The van der Waals surface area contributed by atoms with Gasteiger partial charge in [-0.25, -0.2) is 0 Å². The fraction of sp³-hybridized carbons (Fsp3) is 0.500. The number of thioether (sulfide) groups is 1. The van der Waals surface area contributed by atoms with Crippen molar-refractivity contribution >= 4 is 17.7 Å². The lowest BCUT2D eigenvalue weighted by Gasteiger charge is -2.21.